The number of hydrogen-bond donors (Lipinski definition) is 2. The standard InChI is InChI=1S/C18H21N3O6S/c1-18(16(22)20-24,28(2,25)26)9-14-11-21(17(23)27-14)15-8-7-13(10-19-15)6-5-12-3-4-12/h7-8,10,12,14,24H,3-4,9,11H2,1-2H3,(H,20,22)/t14-,18+/m0/s1. The zero-order valence-corrected chi connectivity index (χ0v) is 16.3. The highest BCUT2D eigenvalue weighted by Gasteiger charge is 2.48. The van der Waals surface area contributed by atoms with Crippen molar-refractivity contribution in [3.05, 3.63) is 23.9 Å². The molecule has 2 N–H and O–H groups in total. The molecule has 1 aromatic heterocycles. The van der Waals surface area contributed by atoms with Gasteiger partial charge in [-0.1, -0.05) is 11.8 Å². The lowest BCUT2D eigenvalue weighted by Crippen LogP contribution is -2.51. The number of ether oxygens (including phenoxy) is 1. The summed E-state index contributed by atoms with van der Waals surface area (Å²) in [6.07, 6.45) is 2.85. The van der Waals surface area contributed by atoms with Crippen molar-refractivity contribution in [2.45, 2.75) is 37.0 Å². The predicted octanol–water partition coefficient (Wildman–Crippen LogP) is 0.867. The number of rotatable bonds is 5. The van der Waals surface area contributed by atoms with Gasteiger partial charge in [-0.15, -0.1) is 0 Å². The molecule has 2 fully saturated rings. The molecule has 0 spiro atoms. The number of pyridine rings is 1. The maximum atomic E-state index is 12.2. The summed E-state index contributed by atoms with van der Waals surface area (Å²) in [6.45, 7) is 1.21. The fraction of sp³-hybridized carbons (Fsp3) is 0.500. The maximum Gasteiger partial charge on any atom is 0.415 e. The summed E-state index contributed by atoms with van der Waals surface area (Å²) < 4.78 is 27.4. The van der Waals surface area contributed by atoms with Crippen LogP contribution in [0.25, 0.3) is 0 Å². The Morgan fingerprint density at radius 1 is 1.46 bits per heavy atom. The summed E-state index contributed by atoms with van der Waals surface area (Å²) in [5.74, 6) is 5.88. The van der Waals surface area contributed by atoms with Crippen LogP contribution in [0.5, 0.6) is 0 Å². The number of sulfone groups is 1. The van der Waals surface area contributed by atoms with Crippen LogP contribution in [0.3, 0.4) is 0 Å². The van der Waals surface area contributed by atoms with Gasteiger partial charge in [0.05, 0.1) is 6.54 Å². The smallest absolute Gasteiger partial charge is 0.415 e. The van der Waals surface area contributed by atoms with Gasteiger partial charge in [-0.25, -0.2) is 23.7 Å². The maximum absolute atomic E-state index is 12.2. The minimum Gasteiger partial charge on any atom is -0.444 e. The van der Waals surface area contributed by atoms with Crippen LogP contribution in [0, 0.1) is 17.8 Å². The van der Waals surface area contributed by atoms with Crippen LogP contribution in [-0.4, -0.2) is 54.3 Å². The topological polar surface area (TPSA) is 126 Å². The van der Waals surface area contributed by atoms with Gasteiger partial charge in [0.1, 0.15) is 11.9 Å². The molecule has 2 heterocycles. The first-order chi connectivity index (χ1) is 13.1. The lowest BCUT2D eigenvalue weighted by Gasteiger charge is -2.26. The van der Waals surface area contributed by atoms with Crippen molar-refractivity contribution >= 4 is 27.7 Å². The van der Waals surface area contributed by atoms with Crippen molar-refractivity contribution < 1.29 is 28.0 Å². The summed E-state index contributed by atoms with van der Waals surface area (Å²) in [4.78, 5) is 29.6. The lowest BCUT2D eigenvalue weighted by atomic mass is 10.0. The van der Waals surface area contributed by atoms with E-state index in [0.29, 0.717) is 11.7 Å². The molecule has 1 aromatic rings. The molecule has 1 saturated heterocycles. The van der Waals surface area contributed by atoms with Crippen molar-refractivity contribution in [2.24, 2.45) is 5.92 Å². The number of nitrogens with one attached hydrogen (secondary N) is 1. The van der Waals surface area contributed by atoms with Gasteiger partial charge in [-0.3, -0.25) is 14.9 Å². The number of amides is 2. The number of hydroxylamine groups is 1. The van der Waals surface area contributed by atoms with E-state index in [4.69, 9.17) is 9.94 Å². The van der Waals surface area contributed by atoms with E-state index in [2.05, 4.69) is 16.8 Å². The minimum absolute atomic E-state index is 0.0305. The van der Waals surface area contributed by atoms with E-state index in [1.54, 1.807) is 18.3 Å². The molecule has 2 aliphatic rings. The van der Waals surface area contributed by atoms with Crippen LogP contribution >= 0.6 is 0 Å². The highest BCUT2D eigenvalue weighted by Crippen LogP contribution is 2.30. The first-order valence-electron chi connectivity index (χ1n) is 8.74. The van der Waals surface area contributed by atoms with E-state index in [0.717, 1.165) is 24.7 Å². The van der Waals surface area contributed by atoms with E-state index in [1.165, 1.54) is 17.3 Å². The number of cyclic esters (lactones) is 1. The molecule has 0 unspecified atom stereocenters. The normalized spacial score (nSPS) is 21.3. The Kier molecular flexibility index (Phi) is 5.32. The molecule has 0 radical (unpaired) electrons. The number of hydrogen-bond acceptors (Lipinski definition) is 7. The van der Waals surface area contributed by atoms with E-state index >= 15 is 0 Å². The van der Waals surface area contributed by atoms with Crippen LogP contribution in [0.1, 0.15) is 31.7 Å². The third-order valence-corrected chi connectivity index (χ3v) is 6.90. The van der Waals surface area contributed by atoms with Crippen molar-refractivity contribution in [1.82, 2.24) is 10.5 Å². The Labute approximate surface area is 163 Å². The largest absolute Gasteiger partial charge is 0.444 e. The molecule has 1 aliphatic carbocycles. The second kappa shape index (κ2) is 7.41. The molecule has 0 aromatic carbocycles. The van der Waals surface area contributed by atoms with Crippen LogP contribution in [0.2, 0.25) is 0 Å². The molecule has 1 aliphatic heterocycles. The van der Waals surface area contributed by atoms with Gasteiger partial charge < -0.3 is 4.74 Å². The van der Waals surface area contributed by atoms with Gasteiger partial charge in [0, 0.05) is 30.4 Å². The highest BCUT2D eigenvalue weighted by molar-refractivity contribution is 7.92. The molecular formula is C18H21N3O6S. The fourth-order valence-electron chi connectivity index (χ4n) is 2.81. The van der Waals surface area contributed by atoms with Gasteiger partial charge in [0.15, 0.2) is 14.6 Å². The van der Waals surface area contributed by atoms with E-state index in [-0.39, 0.29) is 13.0 Å². The van der Waals surface area contributed by atoms with Crippen molar-refractivity contribution in [3.63, 3.8) is 0 Å². The molecule has 1 saturated carbocycles. The summed E-state index contributed by atoms with van der Waals surface area (Å²) in [5, 5.41) is 8.89. The van der Waals surface area contributed by atoms with Gasteiger partial charge in [-0.05, 0) is 31.9 Å². The fourth-order valence-corrected chi connectivity index (χ4v) is 3.68. The van der Waals surface area contributed by atoms with Gasteiger partial charge in [-0.2, -0.15) is 0 Å². The highest BCUT2D eigenvalue weighted by atomic mass is 32.2. The summed E-state index contributed by atoms with van der Waals surface area (Å²) in [5.41, 5.74) is 2.11. The second-order valence-corrected chi connectivity index (χ2v) is 9.66. The number of anilines is 1. The first kappa shape index (κ1) is 20.1. The van der Waals surface area contributed by atoms with Gasteiger partial charge in [0.25, 0.3) is 5.91 Å². The Hall–Kier alpha value is -2.64. The van der Waals surface area contributed by atoms with Crippen molar-refractivity contribution in [1.29, 1.82) is 0 Å². The van der Waals surface area contributed by atoms with E-state index in [1.807, 2.05) is 0 Å². The molecule has 150 valence electrons. The van der Waals surface area contributed by atoms with Crippen LogP contribution in [-0.2, 0) is 19.4 Å². The van der Waals surface area contributed by atoms with Crippen LogP contribution < -0.4 is 10.4 Å². The molecule has 28 heavy (non-hydrogen) atoms. The van der Waals surface area contributed by atoms with Gasteiger partial charge >= 0.3 is 6.09 Å². The SMILES string of the molecule is C[C@@](C[C@H]1CN(c2ccc(C#CC3CC3)cn2)C(=O)O1)(C(=O)NO)S(C)(=O)=O. The average Bonchev–Trinajstić information content (AvgIpc) is 3.41. The zero-order chi connectivity index (χ0) is 20.5. The van der Waals surface area contributed by atoms with Crippen LogP contribution in [0.15, 0.2) is 18.3 Å². The zero-order valence-electron chi connectivity index (χ0n) is 15.5. The Balaban J connectivity index is 1.72. The average molecular weight is 407 g/mol. The molecule has 2 amide bonds. The first-order valence-corrected chi connectivity index (χ1v) is 10.6. The quantitative estimate of drug-likeness (QED) is 0.421. The molecule has 0 bridgehead atoms. The Morgan fingerprint density at radius 2 is 2.18 bits per heavy atom. The summed E-state index contributed by atoms with van der Waals surface area (Å²) in [7, 11) is -3.89. The molecule has 10 heteroatoms. The molecule has 2 atom stereocenters. The summed E-state index contributed by atoms with van der Waals surface area (Å²) in [6, 6.07) is 3.38. The molecule has 9 nitrogen and oxygen atoms in total. The monoisotopic (exact) mass is 407 g/mol. The number of nitrogens with zero attached hydrogens (tertiary/aromatic N) is 2. The molecule has 3 rings (SSSR count). The third-order valence-electron chi connectivity index (χ3n) is 4.91. The van der Waals surface area contributed by atoms with Crippen molar-refractivity contribution in [2.75, 3.05) is 17.7 Å². The van der Waals surface area contributed by atoms with Crippen LogP contribution in [0.4, 0.5) is 10.6 Å². The number of carbonyl (C=O) groups is 2. The predicted molar refractivity (Wildman–Crippen MR) is 99.2 cm³/mol. The van der Waals surface area contributed by atoms with Crippen molar-refractivity contribution in [3.8, 4) is 11.8 Å². The second-order valence-electron chi connectivity index (χ2n) is 7.21. The minimum atomic E-state index is -3.89. The van der Waals surface area contributed by atoms with Gasteiger partial charge in [0.2, 0.25) is 0 Å². The number of carbonyl (C=O) groups excluding carboxylic acids is 2. The summed E-state index contributed by atoms with van der Waals surface area (Å²) >= 11 is 0. The Bertz CT molecular complexity index is 946. The Morgan fingerprint density at radius 3 is 2.71 bits per heavy atom. The number of aromatic nitrogens is 1. The van der Waals surface area contributed by atoms with E-state index < -0.39 is 32.7 Å². The third kappa shape index (κ3) is 4.10. The lowest BCUT2D eigenvalue weighted by molar-refractivity contribution is -0.132. The van der Waals surface area contributed by atoms with E-state index in [9.17, 15) is 18.0 Å². The molecular weight excluding hydrogens is 386 g/mol.